The van der Waals surface area contributed by atoms with Crippen molar-refractivity contribution in [2.45, 2.75) is 10.6 Å². The van der Waals surface area contributed by atoms with Gasteiger partial charge in [-0.2, -0.15) is 0 Å². The molecule has 222 valence electrons. The van der Waals surface area contributed by atoms with Crippen LogP contribution >= 0.6 is 34.5 Å². The second-order valence-electron chi connectivity index (χ2n) is 9.35. The van der Waals surface area contributed by atoms with E-state index >= 15 is 0 Å². The predicted octanol–water partition coefficient (Wildman–Crippen LogP) is 3.69. The van der Waals surface area contributed by atoms with E-state index in [4.69, 9.17) is 27.9 Å². The van der Waals surface area contributed by atoms with Crippen molar-refractivity contribution in [1.29, 1.82) is 0 Å². The monoisotopic (exact) mass is 652 g/mol. The lowest BCUT2D eigenvalue weighted by Gasteiger charge is -2.26. The van der Waals surface area contributed by atoms with Crippen LogP contribution in [0, 0.1) is 0 Å². The molecule has 1 aliphatic heterocycles. The lowest BCUT2D eigenvalue weighted by Crippen LogP contribution is -2.37. The van der Waals surface area contributed by atoms with Crippen molar-refractivity contribution in [3.8, 4) is 5.69 Å². The van der Waals surface area contributed by atoms with Gasteiger partial charge < -0.3 is 20.4 Å². The number of halogens is 2. The lowest BCUT2D eigenvalue weighted by molar-refractivity contribution is 0.0378. The molecule has 0 atom stereocenters. The van der Waals surface area contributed by atoms with Gasteiger partial charge in [0.05, 0.1) is 39.2 Å². The second kappa shape index (κ2) is 12.9. The molecule has 4 N–H and O–H groups in total. The normalized spacial score (nSPS) is 14.1. The van der Waals surface area contributed by atoms with Crippen LogP contribution in [0.5, 0.6) is 0 Å². The van der Waals surface area contributed by atoms with Gasteiger partial charge in [0.15, 0.2) is 0 Å². The number of anilines is 2. The van der Waals surface area contributed by atoms with Crippen molar-refractivity contribution in [1.82, 2.24) is 19.2 Å². The number of ether oxygens (including phenoxy) is 1. The molecule has 0 saturated carbocycles. The van der Waals surface area contributed by atoms with Gasteiger partial charge in [0.1, 0.15) is 4.21 Å². The minimum atomic E-state index is -4.13. The molecule has 0 bridgehead atoms. The highest BCUT2D eigenvalue weighted by Gasteiger charge is 2.20. The van der Waals surface area contributed by atoms with E-state index in [0.717, 1.165) is 67.4 Å². The number of fused-ring (bicyclic) bond motifs is 1. The number of hydrogen-bond acceptors (Lipinski definition) is 9. The summed E-state index contributed by atoms with van der Waals surface area (Å²) < 4.78 is 33.0. The van der Waals surface area contributed by atoms with Gasteiger partial charge in [-0.25, -0.2) is 27.3 Å². The second-order valence-corrected chi connectivity index (χ2v) is 13.4. The fraction of sp³-hybridized carbons (Fsp3) is 0.269. The van der Waals surface area contributed by atoms with Crippen LogP contribution in [-0.2, 0) is 14.8 Å². The Hall–Kier alpha value is -3.40. The maximum Gasteiger partial charge on any atom is 0.333 e. The molecule has 2 amide bonds. The highest BCUT2D eigenvalue weighted by Crippen LogP contribution is 2.26. The molecule has 42 heavy (non-hydrogen) atoms. The van der Waals surface area contributed by atoms with Crippen molar-refractivity contribution in [2.24, 2.45) is 0 Å². The summed E-state index contributed by atoms with van der Waals surface area (Å²) in [6, 6.07) is 10.8. The van der Waals surface area contributed by atoms with Crippen molar-refractivity contribution in [2.75, 3.05) is 50.0 Å². The summed E-state index contributed by atoms with van der Waals surface area (Å²) in [6.45, 7) is 5.05. The molecule has 0 unspecified atom stereocenters. The fourth-order valence-corrected chi connectivity index (χ4v) is 7.10. The lowest BCUT2D eigenvalue weighted by atomic mass is 10.2. The first-order chi connectivity index (χ1) is 20.1. The molecule has 1 fully saturated rings. The third kappa shape index (κ3) is 6.97. The minimum Gasteiger partial charge on any atom is -0.385 e. The number of thiophene rings is 1. The number of benzene rings is 2. The van der Waals surface area contributed by atoms with E-state index in [0.29, 0.717) is 5.52 Å². The van der Waals surface area contributed by atoms with Crippen LogP contribution in [0.15, 0.2) is 62.3 Å². The van der Waals surface area contributed by atoms with Gasteiger partial charge in [0.2, 0.25) is 0 Å². The smallest absolute Gasteiger partial charge is 0.333 e. The van der Waals surface area contributed by atoms with E-state index in [1.165, 1.54) is 30.3 Å². The summed E-state index contributed by atoms with van der Waals surface area (Å²) in [6.07, 6.45) is 0.931. The summed E-state index contributed by atoms with van der Waals surface area (Å²) in [5.41, 5.74) is 0.0934. The van der Waals surface area contributed by atoms with E-state index in [2.05, 4.69) is 20.5 Å². The molecular formula is C26H26Cl2N6O6S2. The number of urea groups is 1. The Morgan fingerprint density at radius 1 is 1.02 bits per heavy atom. The molecular weight excluding hydrogens is 627 g/mol. The first kappa shape index (κ1) is 30.1. The standard InChI is InChI=1S/C26H26Cl2N6O6S2/c27-19-14-17(30-25(36)32-42(38,39)23-7-6-22(28)41-23)3-5-21(19)34-24(35)18-4-2-16(15-20(18)31-26(34)37)29-8-1-9-33-10-12-40-13-11-33/h2-7,14-15,29H,1,8-13H2,(H,31,37)(H2,30,32,36). The van der Waals surface area contributed by atoms with E-state index in [-0.39, 0.29) is 30.3 Å². The highest BCUT2D eigenvalue weighted by molar-refractivity contribution is 7.92. The number of H-pyrrole nitrogens is 1. The van der Waals surface area contributed by atoms with Crippen LogP contribution in [0.25, 0.3) is 16.6 Å². The first-order valence-corrected chi connectivity index (χ1v) is 15.9. The van der Waals surface area contributed by atoms with Gasteiger partial charge in [-0.15, -0.1) is 11.3 Å². The Labute approximate surface area is 254 Å². The molecule has 5 rings (SSSR count). The maximum atomic E-state index is 13.3. The zero-order chi connectivity index (χ0) is 29.9. The van der Waals surface area contributed by atoms with Crippen molar-refractivity contribution >= 4 is 72.9 Å². The summed E-state index contributed by atoms with van der Waals surface area (Å²) >= 11 is 13.0. The van der Waals surface area contributed by atoms with E-state index in [1.807, 2.05) is 4.72 Å². The van der Waals surface area contributed by atoms with E-state index in [1.54, 1.807) is 18.2 Å². The Morgan fingerprint density at radius 3 is 2.50 bits per heavy atom. The number of nitrogens with zero attached hydrogens (tertiary/aromatic N) is 2. The van der Waals surface area contributed by atoms with Gasteiger partial charge in [0.25, 0.3) is 15.6 Å². The van der Waals surface area contributed by atoms with Gasteiger partial charge in [-0.1, -0.05) is 23.2 Å². The molecule has 4 aromatic rings. The SMILES string of the molecule is O=C(Nc1ccc(-n2c(=O)[nH]c3cc(NCCCN4CCOCC4)ccc3c2=O)c(Cl)c1)NS(=O)(=O)c1ccc(Cl)s1. The molecule has 0 spiro atoms. The summed E-state index contributed by atoms with van der Waals surface area (Å²) in [7, 11) is -4.13. The Bertz CT molecular complexity index is 1850. The third-order valence-corrected chi connectivity index (χ3v) is 9.83. The predicted molar refractivity (Wildman–Crippen MR) is 164 cm³/mol. The Balaban J connectivity index is 1.28. The number of carbonyl (C=O) groups excluding carboxylic acids is 1. The summed E-state index contributed by atoms with van der Waals surface area (Å²) in [5.74, 6) is 0. The van der Waals surface area contributed by atoms with Crippen molar-refractivity contribution in [3.63, 3.8) is 0 Å². The number of aromatic amines is 1. The number of carbonyl (C=O) groups is 1. The van der Waals surface area contributed by atoms with Crippen LogP contribution in [0.1, 0.15) is 6.42 Å². The zero-order valence-corrected chi connectivity index (χ0v) is 25.1. The van der Waals surface area contributed by atoms with Crippen molar-refractivity contribution < 1.29 is 17.9 Å². The van der Waals surface area contributed by atoms with Crippen molar-refractivity contribution in [3.05, 3.63) is 78.7 Å². The molecule has 16 heteroatoms. The summed E-state index contributed by atoms with van der Waals surface area (Å²) in [4.78, 5) is 43.7. The molecule has 2 aromatic carbocycles. The van der Waals surface area contributed by atoms with Crippen LogP contribution in [0.4, 0.5) is 16.2 Å². The minimum absolute atomic E-state index is 0.0220. The molecule has 1 aliphatic rings. The summed E-state index contributed by atoms with van der Waals surface area (Å²) in [5, 5.41) is 5.95. The van der Waals surface area contributed by atoms with Gasteiger partial charge >= 0.3 is 11.7 Å². The molecule has 1 saturated heterocycles. The van der Waals surface area contributed by atoms with Gasteiger partial charge in [-0.3, -0.25) is 9.69 Å². The van der Waals surface area contributed by atoms with E-state index in [9.17, 15) is 22.8 Å². The molecule has 3 heterocycles. The first-order valence-electron chi connectivity index (χ1n) is 12.8. The fourth-order valence-electron chi connectivity index (χ4n) is 4.44. The van der Waals surface area contributed by atoms with Crippen LogP contribution in [-0.4, -0.2) is 68.3 Å². The van der Waals surface area contributed by atoms with Crippen LogP contribution in [0.2, 0.25) is 9.36 Å². The topological polar surface area (TPSA) is 155 Å². The number of nitrogens with one attached hydrogen (secondary N) is 4. The average Bonchev–Trinajstić information content (AvgIpc) is 3.40. The number of morpholine rings is 1. The number of hydrogen-bond donors (Lipinski definition) is 4. The highest BCUT2D eigenvalue weighted by atomic mass is 35.5. The van der Waals surface area contributed by atoms with Crippen LogP contribution in [0.3, 0.4) is 0 Å². The van der Waals surface area contributed by atoms with Crippen LogP contribution < -0.4 is 26.6 Å². The average molecular weight is 654 g/mol. The van der Waals surface area contributed by atoms with Gasteiger partial charge in [-0.05, 0) is 61.5 Å². The number of amides is 2. The zero-order valence-electron chi connectivity index (χ0n) is 22.0. The number of aromatic nitrogens is 2. The molecule has 12 nitrogen and oxygen atoms in total. The number of sulfonamides is 1. The Kier molecular flexibility index (Phi) is 9.20. The van der Waals surface area contributed by atoms with Gasteiger partial charge in [0, 0.05) is 31.0 Å². The largest absolute Gasteiger partial charge is 0.385 e. The quantitative estimate of drug-likeness (QED) is 0.200. The Morgan fingerprint density at radius 2 is 1.79 bits per heavy atom. The molecule has 0 radical (unpaired) electrons. The number of rotatable bonds is 9. The molecule has 2 aromatic heterocycles. The maximum absolute atomic E-state index is 13.3. The van der Waals surface area contributed by atoms with E-state index < -0.39 is 27.3 Å². The third-order valence-electron chi connectivity index (χ3n) is 6.47. The molecule has 0 aliphatic carbocycles.